The van der Waals surface area contributed by atoms with Crippen molar-refractivity contribution in [3.05, 3.63) is 42.1 Å². The molecule has 1 atom stereocenters. The third-order valence-electron chi connectivity index (χ3n) is 3.43. The molecule has 0 saturated carbocycles. The Labute approximate surface area is 116 Å². The maximum Gasteiger partial charge on any atom is 0.289 e. The molecule has 1 aliphatic rings. The van der Waals surface area contributed by atoms with Crippen LogP contribution in [0.4, 0.5) is 0 Å². The fourth-order valence-corrected chi connectivity index (χ4v) is 2.43. The summed E-state index contributed by atoms with van der Waals surface area (Å²) < 4.78 is 7.31. The van der Waals surface area contributed by atoms with Gasteiger partial charge in [0.2, 0.25) is 0 Å². The van der Waals surface area contributed by atoms with E-state index in [4.69, 9.17) is 4.42 Å². The lowest BCUT2D eigenvalue weighted by atomic mass is 10.1. The third kappa shape index (κ3) is 2.75. The standard InChI is InChI=1S/C14H17N3O3/c18-11-3-1-7-16(9-11)14(19)13-5-4-12(20-13)10-17-8-2-6-15-17/h2,4-6,8,11,18H,1,3,7,9-10H2/t11-/m0/s1. The molecule has 0 aliphatic carbocycles. The Balaban J connectivity index is 1.68. The lowest BCUT2D eigenvalue weighted by molar-refractivity contribution is 0.0447. The van der Waals surface area contributed by atoms with Crippen LogP contribution in [0, 0.1) is 0 Å². The predicted octanol–water partition coefficient (Wildman–Crippen LogP) is 1.12. The maximum absolute atomic E-state index is 12.3. The SMILES string of the molecule is O=C(c1ccc(Cn2cccn2)o1)N1CCC[C@H](O)C1. The number of nitrogens with zero attached hydrogens (tertiary/aromatic N) is 3. The Hall–Kier alpha value is -2.08. The van der Waals surface area contributed by atoms with Gasteiger partial charge in [-0.2, -0.15) is 5.10 Å². The number of furan rings is 1. The summed E-state index contributed by atoms with van der Waals surface area (Å²) in [7, 11) is 0. The zero-order valence-electron chi connectivity index (χ0n) is 11.1. The predicted molar refractivity (Wildman–Crippen MR) is 71.2 cm³/mol. The Bertz CT molecular complexity index is 576. The molecule has 1 amide bonds. The lowest BCUT2D eigenvalue weighted by Crippen LogP contribution is -2.42. The molecule has 1 aliphatic heterocycles. The second kappa shape index (κ2) is 5.50. The highest BCUT2D eigenvalue weighted by molar-refractivity contribution is 5.91. The number of hydrogen-bond acceptors (Lipinski definition) is 4. The largest absolute Gasteiger partial charge is 0.454 e. The van der Waals surface area contributed by atoms with Gasteiger partial charge >= 0.3 is 0 Å². The second-order valence-electron chi connectivity index (χ2n) is 5.02. The summed E-state index contributed by atoms with van der Waals surface area (Å²) in [6.07, 6.45) is 4.70. The van der Waals surface area contributed by atoms with Crippen LogP contribution < -0.4 is 0 Å². The van der Waals surface area contributed by atoms with E-state index in [-0.39, 0.29) is 5.91 Å². The molecule has 106 valence electrons. The number of β-amino-alcohol motifs (C(OH)–C–C–N with tert-alkyl or cyclic N) is 1. The van der Waals surface area contributed by atoms with Crippen LogP contribution in [0.2, 0.25) is 0 Å². The van der Waals surface area contributed by atoms with Gasteiger partial charge in [0.25, 0.3) is 5.91 Å². The minimum absolute atomic E-state index is 0.157. The van der Waals surface area contributed by atoms with Crippen molar-refractivity contribution < 1.29 is 14.3 Å². The molecule has 0 aromatic carbocycles. The molecule has 6 nitrogen and oxygen atoms in total. The summed E-state index contributed by atoms with van der Waals surface area (Å²) >= 11 is 0. The molecule has 3 rings (SSSR count). The van der Waals surface area contributed by atoms with E-state index in [1.807, 2.05) is 12.3 Å². The number of hydrogen-bond donors (Lipinski definition) is 1. The van der Waals surface area contributed by atoms with Crippen molar-refractivity contribution in [3.8, 4) is 0 Å². The quantitative estimate of drug-likeness (QED) is 0.911. The normalized spacial score (nSPS) is 19.2. The maximum atomic E-state index is 12.3. The van der Waals surface area contributed by atoms with Crippen molar-refractivity contribution in [3.63, 3.8) is 0 Å². The number of aromatic nitrogens is 2. The van der Waals surface area contributed by atoms with Gasteiger partial charge in [0.15, 0.2) is 5.76 Å². The minimum atomic E-state index is -0.425. The minimum Gasteiger partial charge on any atom is -0.454 e. The van der Waals surface area contributed by atoms with Crippen LogP contribution >= 0.6 is 0 Å². The Morgan fingerprint density at radius 1 is 1.50 bits per heavy atom. The van der Waals surface area contributed by atoms with Gasteiger partial charge < -0.3 is 14.4 Å². The molecule has 2 aromatic heterocycles. The summed E-state index contributed by atoms with van der Waals surface area (Å²) in [4.78, 5) is 13.9. The average Bonchev–Trinajstić information content (AvgIpc) is 3.10. The summed E-state index contributed by atoms with van der Waals surface area (Å²) in [5.74, 6) is 0.853. The number of aliphatic hydroxyl groups excluding tert-OH is 1. The molecule has 1 N–H and O–H groups in total. The van der Waals surface area contributed by atoms with Gasteiger partial charge in [-0.25, -0.2) is 0 Å². The van der Waals surface area contributed by atoms with Crippen LogP contribution in [-0.2, 0) is 6.54 Å². The number of carbonyl (C=O) groups is 1. The van der Waals surface area contributed by atoms with E-state index in [0.717, 1.165) is 12.8 Å². The van der Waals surface area contributed by atoms with Crippen LogP contribution in [0.3, 0.4) is 0 Å². The first-order valence-corrected chi connectivity index (χ1v) is 6.76. The first-order valence-electron chi connectivity index (χ1n) is 6.76. The number of piperidine rings is 1. The van der Waals surface area contributed by atoms with Crippen LogP contribution in [0.5, 0.6) is 0 Å². The van der Waals surface area contributed by atoms with E-state index < -0.39 is 6.10 Å². The van der Waals surface area contributed by atoms with E-state index in [1.165, 1.54) is 0 Å². The van der Waals surface area contributed by atoms with E-state index in [1.54, 1.807) is 27.9 Å². The van der Waals surface area contributed by atoms with Crippen molar-refractivity contribution in [2.75, 3.05) is 13.1 Å². The van der Waals surface area contributed by atoms with Gasteiger partial charge in [-0.05, 0) is 31.0 Å². The highest BCUT2D eigenvalue weighted by atomic mass is 16.4. The van der Waals surface area contributed by atoms with Gasteiger partial charge in [-0.15, -0.1) is 0 Å². The van der Waals surface area contributed by atoms with Gasteiger partial charge in [0.05, 0.1) is 12.6 Å². The van der Waals surface area contributed by atoms with Crippen LogP contribution in [0.1, 0.15) is 29.2 Å². The van der Waals surface area contributed by atoms with Crippen LogP contribution in [0.25, 0.3) is 0 Å². The fourth-order valence-electron chi connectivity index (χ4n) is 2.43. The molecule has 0 radical (unpaired) electrons. The number of aliphatic hydroxyl groups is 1. The molecule has 0 unspecified atom stereocenters. The highest BCUT2D eigenvalue weighted by Gasteiger charge is 2.25. The van der Waals surface area contributed by atoms with Gasteiger partial charge in [-0.3, -0.25) is 9.48 Å². The molecular weight excluding hydrogens is 258 g/mol. The Morgan fingerprint density at radius 2 is 2.40 bits per heavy atom. The van der Waals surface area contributed by atoms with Crippen molar-refractivity contribution in [1.29, 1.82) is 0 Å². The number of carbonyl (C=O) groups excluding carboxylic acids is 1. The lowest BCUT2D eigenvalue weighted by Gasteiger charge is -2.29. The molecule has 20 heavy (non-hydrogen) atoms. The van der Waals surface area contributed by atoms with Crippen molar-refractivity contribution in [2.24, 2.45) is 0 Å². The van der Waals surface area contributed by atoms with Crippen LogP contribution in [-0.4, -0.2) is 44.9 Å². The zero-order valence-corrected chi connectivity index (χ0v) is 11.1. The van der Waals surface area contributed by atoms with Crippen molar-refractivity contribution >= 4 is 5.91 Å². The second-order valence-corrected chi connectivity index (χ2v) is 5.02. The molecule has 3 heterocycles. The van der Waals surface area contributed by atoms with E-state index in [2.05, 4.69) is 5.10 Å². The monoisotopic (exact) mass is 275 g/mol. The molecule has 1 fully saturated rings. The topological polar surface area (TPSA) is 71.5 Å². The molecule has 2 aromatic rings. The average molecular weight is 275 g/mol. The first kappa shape index (κ1) is 12.9. The van der Waals surface area contributed by atoms with Gasteiger partial charge in [0, 0.05) is 25.5 Å². The van der Waals surface area contributed by atoms with Crippen molar-refractivity contribution in [2.45, 2.75) is 25.5 Å². The molecule has 0 bridgehead atoms. The Kier molecular flexibility index (Phi) is 3.56. The summed E-state index contributed by atoms with van der Waals surface area (Å²) in [5, 5.41) is 13.7. The number of rotatable bonds is 3. The molecule has 6 heteroatoms. The summed E-state index contributed by atoms with van der Waals surface area (Å²) in [6, 6.07) is 5.31. The summed E-state index contributed by atoms with van der Waals surface area (Å²) in [5.41, 5.74) is 0. The number of amides is 1. The molecular formula is C14H17N3O3. The fraction of sp³-hybridized carbons (Fsp3) is 0.429. The van der Waals surface area contributed by atoms with E-state index >= 15 is 0 Å². The molecule has 0 spiro atoms. The molecule has 1 saturated heterocycles. The zero-order chi connectivity index (χ0) is 13.9. The van der Waals surface area contributed by atoms with Crippen molar-refractivity contribution in [1.82, 2.24) is 14.7 Å². The number of likely N-dealkylation sites (tertiary alicyclic amines) is 1. The van der Waals surface area contributed by atoms with Crippen LogP contribution in [0.15, 0.2) is 35.0 Å². The van der Waals surface area contributed by atoms with E-state index in [0.29, 0.717) is 31.2 Å². The smallest absolute Gasteiger partial charge is 0.289 e. The first-order chi connectivity index (χ1) is 9.72. The van der Waals surface area contributed by atoms with E-state index in [9.17, 15) is 9.90 Å². The third-order valence-corrected chi connectivity index (χ3v) is 3.43. The van der Waals surface area contributed by atoms with Gasteiger partial charge in [-0.1, -0.05) is 0 Å². The highest BCUT2D eigenvalue weighted by Crippen LogP contribution is 2.16. The van der Waals surface area contributed by atoms with Gasteiger partial charge in [0.1, 0.15) is 5.76 Å². The Morgan fingerprint density at radius 3 is 3.15 bits per heavy atom. The summed E-state index contributed by atoms with van der Waals surface area (Å²) in [6.45, 7) is 1.56.